The highest BCUT2D eigenvalue weighted by atomic mass is 19.1. The second-order valence-electron chi connectivity index (χ2n) is 3.44. The second-order valence-corrected chi connectivity index (χ2v) is 3.44. The Labute approximate surface area is 94.5 Å². The topological polar surface area (TPSA) is 40.5 Å². The van der Waals surface area contributed by atoms with E-state index in [1.807, 2.05) is 6.92 Å². The molecule has 0 saturated carbocycles. The van der Waals surface area contributed by atoms with E-state index in [9.17, 15) is 9.18 Å². The molecule has 1 N–H and O–H groups in total. The first-order valence-corrected chi connectivity index (χ1v) is 5.35. The van der Waals surface area contributed by atoms with Gasteiger partial charge >= 0.3 is 0 Å². The zero-order valence-electron chi connectivity index (χ0n) is 9.32. The van der Waals surface area contributed by atoms with Crippen molar-refractivity contribution in [2.45, 2.75) is 19.8 Å². The van der Waals surface area contributed by atoms with Gasteiger partial charge in [0.1, 0.15) is 5.82 Å². The van der Waals surface area contributed by atoms with Gasteiger partial charge in [-0.15, -0.1) is 0 Å². The van der Waals surface area contributed by atoms with Crippen molar-refractivity contribution in [2.24, 2.45) is 0 Å². The van der Waals surface area contributed by atoms with Crippen molar-refractivity contribution in [3.63, 3.8) is 0 Å². The van der Waals surface area contributed by atoms with E-state index in [1.165, 1.54) is 12.1 Å². The van der Waals surface area contributed by atoms with E-state index in [0.29, 0.717) is 25.1 Å². The maximum Gasteiger partial charge on any atom is 0.227 e. The molecule has 0 aliphatic carbocycles. The monoisotopic (exact) mass is 225 g/mol. The third-order valence-electron chi connectivity index (χ3n) is 2.30. The average molecular weight is 225 g/mol. The first kappa shape index (κ1) is 12.6. The highest BCUT2D eigenvalue weighted by Crippen LogP contribution is 2.15. The predicted molar refractivity (Wildman–Crippen MR) is 60.7 cm³/mol. The number of carbonyl (C=O) groups is 1. The highest BCUT2D eigenvalue weighted by molar-refractivity contribution is 5.93. The lowest BCUT2D eigenvalue weighted by Gasteiger charge is -2.20. The van der Waals surface area contributed by atoms with E-state index < -0.39 is 0 Å². The van der Waals surface area contributed by atoms with Crippen LogP contribution in [-0.4, -0.2) is 24.2 Å². The lowest BCUT2D eigenvalue weighted by molar-refractivity contribution is -0.118. The van der Waals surface area contributed by atoms with Gasteiger partial charge in [-0.25, -0.2) is 4.39 Å². The fourth-order valence-corrected chi connectivity index (χ4v) is 1.49. The van der Waals surface area contributed by atoms with E-state index in [4.69, 9.17) is 5.11 Å². The van der Waals surface area contributed by atoms with Crippen LogP contribution in [0, 0.1) is 5.82 Å². The van der Waals surface area contributed by atoms with Crippen LogP contribution in [0.25, 0.3) is 0 Å². The molecule has 0 unspecified atom stereocenters. The minimum atomic E-state index is -0.317. The van der Waals surface area contributed by atoms with Crippen molar-refractivity contribution in [1.82, 2.24) is 0 Å². The Morgan fingerprint density at radius 2 is 2.00 bits per heavy atom. The Morgan fingerprint density at radius 3 is 2.50 bits per heavy atom. The van der Waals surface area contributed by atoms with Gasteiger partial charge in [-0.1, -0.05) is 0 Å². The molecule has 0 heterocycles. The number of amides is 1. The number of hydrogen-bond acceptors (Lipinski definition) is 2. The zero-order chi connectivity index (χ0) is 12.0. The highest BCUT2D eigenvalue weighted by Gasteiger charge is 2.12. The van der Waals surface area contributed by atoms with Gasteiger partial charge in [0.25, 0.3) is 0 Å². The molecule has 16 heavy (non-hydrogen) atoms. The van der Waals surface area contributed by atoms with Gasteiger partial charge in [0.2, 0.25) is 5.91 Å². The molecule has 0 aliphatic heterocycles. The van der Waals surface area contributed by atoms with Crippen LogP contribution in [0.3, 0.4) is 0 Å². The van der Waals surface area contributed by atoms with Crippen LogP contribution in [0.15, 0.2) is 24.3 Å². The summed E-state index contributed by atoms with van der Waals surface area (Å²) >= 11 is 0. The molecule has 1 rings (SSSR count). The second kappa shape index (κ2) is 6.23. The molecular formula is C12H16FNO2. The molecule has 0 spiro atoms. The number of aliphatic hydroxyl groups excluding tert-OH is 1. The Morgan fingerprint density at radius 1 is 1.38 bits per heavy atom. The minimum absolute atomic E-state index is 0.00666. The Hall–Kier alpha value is -1.42. The van der Waals surface area contributed by atoms with Crippen LogP contribution in [0.2, 0.25) is 0 Å². The number of hydrogen-bond donors (Lipinski definition) is 1. The number of halogens is 1. The van der Waals surface area contributed by atoms with E-state index in [-0.39, 0.29) is 18.3 Å². The lowest BCUT2D eigenvalue weighted by Crippen LogP contribution is -2.30. The summed E-state index contributed by atoms with van der Waals surface area (Å²) in [6.45, 7) is 2.41. The molecule has 0 radical (unpaired) electrons. The molecule has 0 aliphatic rings. The summed E-state index contributed by atoms with van der Waals surface area (Å²) in [6.07, 6.45) is 0.762. The van der Waals surface area contributed by atoms with Crippen LogP contribution in [0.5, 0.6) is 0 Å². The van der Waals surface area contributed by atoms with Gasteiger partial charge in [0.15, 0.2) is 0 Å². The SMILES string of the molecule is CCN(C(=O)CCCO)c1ccc(F)cc1. The van der Waals surface area contributed by atoms with Gasteiger partial charge in [-0.05, 0) is 37.6 Å². The normalized spacial score (nSPS) is 10.2. The molecule has 3 nitrogen and oxygen atoms in total. The van der Waals surface area contributed by atoms with Gasteiger partial charge in [-0.3, -0.25) is 4.79 Å². The van der Waals surface area contributed by atoms with Crippen LogP contribution in [-0.2, 0) is 4.79 Å². The summed E-state index contributed by atoms with van der Waals surface area (Å²) in [6, 6.07) is 5.82. The van der Waals surface area contributed by atoms with Crippen molar-refractivity contribution in [1.29, 1.82) is 0 Å². The van der Waals surface area contributed by atoms with Crippen molar-refractivity contribution >= 4 is 11.6 Å². The molecular weight excluding hydrogens is 209 g/mol. The fourth-order valence-electron chi connectivity index (χ4n) is 1.49. The number of anilines is 1. The van der Waals surface area contributed by atoms with Crippen molar-refractivity contribution in [3.8, 4) is 0 Å². The zero-order valence-corrected chi connectivity index (χ0v) is 9.32. The maximum atomic E-state index is 12.7. The molecule has 88 valence electrons. The summed E-state index contributed by atoms with van der Waals surface area (Å²) in [5, 5.41) is 8.66. The lowest BCUT2D eigenvalue weighted by atomic mass is 10.2. The molecule has 1 amide bonds. The number of benzene rings is 1. The summed E-state index contributed by atoms with van der Waals surface area (Å²) in [7, 11) is 0. The Kier molecular flexibility index (Phi) is 4.92. The quantitative estimate of drug-likeness (QED) is 0.832. The van der Waals surface area contributed by atoms with Crippen LogP contribution in [0.4, 0.5) is 10.1 Å². The standard InChI is InChI=1S/C12H16FNO2/c1-2-14(12(16)4-3-9-15)11-7-5-10(13)6-8-11/h5-8,15H,2-4,9H2,1H3. The molecule has 0 aromatic heterocycles. The van der Waals surface area contributed by atoms with Gasteiger partial charge < -0.3 is 10.0 Å². The minimum Gasteiger partial charge on any atom is -0.396 e. The largest absolute Gasteiger partial charge is 0.396 e. The summed E-state index contributed by atoms with van der Waals surface area (Å²) in [4.78, 5) is 13.3. The molecule has 4 heteroatoms. The first-order chi connectivity index (χ1) is 7.69. The summed E-state index contributed by atoms with van der Waals surface area (Å²) in [5.41, 5.74) is 0.687. The summed E-state index contributed by atoms with van der Waals surface area (Å²) in [5.74, 6) is -0.370. The molecule has 0 atom stereocenters. The van der Waals surface area contributed by atoms with E-state index >= 15 is 0 Å². The van der Waals surface area contributed by atoms with Crippen LogP contribution in [0.1, 0.15) is 19.8 Å². The third kappa shape index (κ3) is 3.31. The van der Waals surface area contributed by atoms with Crippen LogP contribution < -0.4 is 4.90 Å². The summed E-state index contributed by atoms with van der Waals surface area (Å²) < 4.78 is 12.7. The molecule has 0 saturated heterocycles. The smallest absolute Gasteiger partial charge is 0.227 e. The van der Waals surface area contributed by atoms with Gasteiger partial charge in [0, 0.05) is 25.3 Å². The molecule has 1 aromatic rings. The third-order valence-corrected chi connectivity index (χ3v) is 2.30. The number of carbonyl (C=O) groups excluding carboxylic acids is 1. The fraction of sp³-hybridized carbons (Fsp3) is 0.417. The van der Waals surface area contributed by atoms with E-state index in [2.05, 4.69) is 0 Å². The Balaban J connectivity index is 2.73. The van der Waals surface area contributed by atoms with Crippen LogP contribution >= 0.6 is 0 Å². The van der Waals surface area contributed by atoms with Gasteiger partial charge in [0.05, 0.1) is 0 Å². The molecule has 0 bridgehead atoms. The van der Waals surface area contributed by atoms with E-state index in [0.717, 1.165) is 0 Å². The maximum absolute atomic E-state index is 12.7. The molecule has 0 fully saturated rings. The van der Waals surface area contributed by atoms with Crippen molar-refractivity contribution in [2.75, 3.05) is 18.1 Å². The predicted octanol–water partition coefficient (Wildman–Crippen LogP) is 1.95. The number of rotatable bonds is 5. The Bertz CT molecular complexity index is 337. The van der Waals surface area contributed by atoms with Crippen molar-refractivity contribution in [3.05, 3.63) is 30.1 Å². The van der Waals surface area contributed by atoms with Crippen molar-refractivity contribution < 1.29 is 14.3 Å². The number of aliphatic hydroxyl groups is 1. The molecule has 1 aromatic carbocycles. The first-order valence-electron chi connectivity index (χ1n) is 5.35. The van der Waals surface area contributed by atoms with Gasteiger partial charge in [-0.2, -0.15) is 0 Å². The number of nitrogens with zero attached hydrogens (tertiary/aromatic N) is 1. The average Bonchev–Trinajstić information content (AvgIpc) is 2.30. The van der Waals surface area contributed by atoms with E-state index in [1.54, 1.807) is 17.0 Å².